The number of halogens is 1. The number of piperazine rings is 1. The van der Waals surface area contributed by atoms with Crippen molar-refractivity contribution < 1.29 is 4.74 Å². The molecule has 1 aliphatic rings. The predicted molar refractivity (Wildman–Crippen MR) is 115 cm³/mol. The normalized spacial score (nSPS) is 14.8. The van der Waals surface area contributed by atoms with Gasteiger partial charge in [0, 0.05) is 39.4 Å². The second kappa shape index (κ2) is 10.4. The van der Waals surface area contributed by atoms with Gasteiger partial charge in [-0.05, 0) is 29.6 Å². The number of aromatic nitrogens is 1. The first-order chi connectivity index (χ1) is 11.9. The molecule has 0 aliphatic carbocycles. The standard InChI is InChI=1S/C17H23N5OS.HI/c1-18-17(20-7-12-23-15-4-2-6-19-14-15)22-10-8-21(9-11-22)16-5-3-13-24-16;/h2-6,13-14H,7-12H2,1H3,(H,18,20);1H. The summed E-state index contributed by atoms with van der Waals surface area (Å²) in [5.41, 5.74) is 0. The molecule has 0 aromatic carbocycles. The van der Waals surface area contributed by atoms with Crippen LogP contribution >= 0.6 is 35.3 Å². The van der Waals surface area contributed by atoms with Crippen LogP contribution in [0.3, 0.4) is 0 Å². The van der Waals surface area contributed by atoms with Crippen LogP contribution in [0.25, 0.3) is 0 Å². The van der Waals surface area contributed by atoms with Crippen LogP contribution in [0, 0.1) is 0 Å². The quantitative estimate of drug-likeness (QED) is 0.313. The summed E-state index contributed by atoms with van der Waals surface area (Å²) >= 11 is 1.80. The van der Waals surface area contributed by atoms with E-state index in [9.17, 15) is 0 Å². The lowest BCUT2D eigenvalue weighted by molar-refractivity contribution is 0.314. The lowest BCUT2D eigenvalue weighted by Crippen LogP contribution is -2.52. The maximum atomic E-state index is 5.65. The van der Waals surface area contributed by atoms with Gasteiger partial charge in [0.05, 0.1) is 17.7 Å². The van der Waals surface area contributed by atoms with E-state index in [1.54, 1.807) is 23.7 Å². The first-order valence-electron chi connectivity index (χ1n) is 8.13. The number of hydrogen-bond donors (Lipinski definition) is 1. The number of pyridine rings is 1. The summed E-state index contributed by atoms with van der Waals surface area (Å²) in [6, 6.07) is 8.07. The SMILES string of the molecule is CN=C(NCCOc1cccnc1)N1CCN(c2cccs2)CC1.I. The van der Waals surface area contributed by atoms with Crippen molar-refractivity contribution in [2.75, 3.05) is 51.3 Å². The number of hydrogen-bond acceptors (Lipinski definition) is 5. The number of guanidine groups is 1. The molecule has 1 N–H and O–H groups in total. The summed E-state index contributed by atoms with van der Waals surface area (Å²) in [5.74, 6) is 1.73. The van der Waals surface area contributed by atoms with Crippen molar-refractivity contribution in [1.29, 1.82) is 0 Å². The van der Waals surface area contributed by atoms with E-state index in [1.807, 2.05) is 19.2 Å². The Morgan fingerprint density at radius 3 is 2.76 bits per heavy atom. The van der Waals surface area contributed by atoms with Crippen LogP contribution in [0.2, 0.25) is 0 Å². The molecule has 25 heavy (non-hydrogen) atoms. The van der Waals surface area contributed by atoms with Gasteiger partial charge in [0.15, 0.2) is 5.96 Å². The van der Waals surface area contributed by atoms with Crippen molar-refractivity contribution in [2.24, 2.45) is 4.99 Å². The third kappa shape index (κ3) is 5.74. The third-order valence-corrected chi connectivity index (χ3v) is 4.83. The molecular weight excluding hydrogens is 449 g/mol. The number of rotatable bonds is 5. The van der Waals surface area contributed by atoms with E-state index in [1.165, 1.54) is 5.00 Å². The second-order valence-electron chi connectivity index (χ2n) is 5.44. The van der Waals surface area contributed by atoms with E-state index in [0.29, 0.717) is 13.2 Å². The van der Waals surface area contributed by atoms with Gasteiger partial charge in [-0.3, -0.25) is 9.98 Å². The molecule has 0 unspecified atom stereocenters. The summed E-state index contributed by atoms with van der Waals surface area (Å²) in [6.45, 7) is 5.29. The fourth-order valence-corrected chi connectivity index (χ4v) is 3.47. The van der Waals surface area contributed by atoms with E-state index in [2.05, 4.69) is 42.6 Å². The third-order valence-electron chi connectivity index (χ3n) is 3.90. The highest BCUT2D eigenvalue weighted by atomic mass is 127. The molecule has 2 aromatic heterocycles. The van der Waals surface area contributed by atoms with Crippen molar-refractivity contribution in [3.8, 4) is 5.75 Å². The van der Waals surface area contributed by atoms with Crippen LogP contribution in [0.1, 0.15) is 0 Å². The predicted octanol–water partition coefficient (Wildman–Crippen LogP) is 2.54. The Morgan fingerprint density at radius 1 is 1.28 bits per heavy atom. The Kier molecular flexibility index (Phi) is 8.26. The topological polar surface area (TPSA) is 53.0 Å². The highest BCUT2D eigenvalue weighted by Gasteiger charge is 2.20. The first-order valence-corrected chi connectivity index (χ1v) is 9.01. The van der Waals surface area contributed by atoms with Gasteiger partial charge in [0.1, 0.15) is 12.4 Å². The fourth-order valence-electron chi connectivity index (χ4n) is 2.68. The molecule has 0 bridgehead atoms. The molecule has 0 atom stereocenters. The van der Waals surface area contributed by atoms with Crippen molar-refractivity contribution in [3.63, 3.8) is 0 Å². The molecule has 0 radical (unpaired) electrons. The molecule has 6 nitrogen and oxygen atoms in total. The maximum absolute atomic E-state index is 5.65. The fraction of sp³-hybridized carbons (Fsp3) is 0.412. The summed E-state index contributed by atoms with van der Waals surface area (Å²) < 4.78 is 5.65. The van der Waals surface area contributed by atoms with E-state index in [-0.39, 0.29) is 24.0 Å². The molecule has 1 fully saturated rings. The highest BCUT2D eigenvalue weighted by Crippen LogP contribution is 2.22. The van der Waals surface area contributed by atoms with Crippen LogP contribution in [0.4, 0.5) is 5.00 Å². The Bertz CT molecular complexity index is 630. The molecule has 0 spiro atoms. The van der Waals surface area contributed by atoms with Crippen molar-refractivity contribution >= 4 is 46.3 Å². The van der Waals surface area contributed by atoms with Crippen molar-refractivity contribution in [2.45, 2.75) is 0 Å². The van der Waals surface area contributed by atoms with E-state index in [4.69, 9.17) is 4.74 Å². The number of anilines is 1. The Labute approximate surface area is 169 Å². The maximum Gasteiger partial charge on any atom is 0.193 e. The second-order valence-corrected chi connectivity index (χ2v) is 6.36. The van der Waals surface area contributed by atoms with E-state index in [0.717, 1.165) is 37.9 Å². The molecule has 1 saturated heterocycles. The number of nitrogens with zero attached hydrogens (tertiary/aromatic N) is 4. The van der Waals surface area contributed by atoms with Gasteiger partial charge < -0.3 is 19.9 Å². The van der Waals surface area contributed by atoms with Crippen molar-refractivity contribution in [3.05, 3.63) is 42.0 Å². The van der Waals surface area contributed by atoms with Gasteiger partial charge in [0.25, 0.3) is 0 Å². The van der Waals surface area contributed by atoms with Crippen LogP contribution in [-0.4, -0.2) is 62.2 Å². The zero-order chi connectivity index (χ0) is 16.6. The number of thiophene rings is 1. The van der Waals surface area contributed by atoms with Crippen LogP contribution < -0.4 is 15.0 Å². The van der Waals surface area contributed by atoms with Gasteiger partial charge >= 0.3 is 0 Å². The summed E-state index contributed by atoms with van der Waals surface area (Å²) in [7, 11) is 1.83. The van der Waals surface area contributed by atoms with E-state index < -0.39 is 0 Å². The Hall–Kier alpha value is -1.55. The van der Waals surface area contributed by atoms with Gasteiger partial charge in [-0.2, -0.15) is 0 Å². The van der Waals surface area contributed by atoms with Gasteiger partial charge in [-0.25, -0.2) is 0 Å². The minimum atomic E-state index is 0. The van der Waals surface area contributed by atoms with Gasteiger partial charge in [-0.1, -0.05) is 0 Å². The molecule has 8 heteroatoms. The minimum absolute atomic E-state index is 0. The molecular formula is C17H24IN5OS. The lowest BCUT2D eigenvalue weighted by atomic mass is 10.3. The average molecular weight is 473 g/mol. The molecule has 136 valence electrons. The van der Waals surface area contributed by atoms with Crippen molar-refractivity contribution in [1.82, 2.24) is 15.2 Å². The Balaban J connectivity index is 0.00000225. The number of ether oxygens (including phenoxy) is 1. The first kappa shape index (κ1) is 19.8. The molecule has 0 saturated carbocycles. The van der Waals surface area contributed by atoms with E-state index >= 15 is 0 Å². The largest absolute Gasteiger partial charge is 0.490 e. The molecule has 1 aliphatic heterocycles. The number of nitrogens with one attached hydrogen (secondary N) is 1. The van der Waals surface area contributed by atoms with Crippen LogP contribution in [0.15, 0.2) is 47.0 Å². The summed E-state index contributed by atoms with van der Waals surface area (Å²) in [5, 5.41) is 6.85. The molecule has 2 aromatic rings. The zero-order valence-corrected chi connectivity index (χ0v) is 17.4. The summed E-state index contributed by atoms with van der Waals surface area (Å²) in [6.07, 6.45) is 3.46. The van der Waals surface area contributed by atoms with Crippen LogP contribution in [-0.2, 0) is 0 Å². The monoisotopic (exact) mass is 473 g/mol. The highest BCUT2D eigenvalue weighted by molar-refractivity contribution is 14.0. The molecule has 3 heterocycles. The Morgan fingerprint density at radius 2 is 2.12 bits per heavy atom. The summed E-state index contributed by atoms with van der Waals surface area (Å²) in [4.78, 5) is 13.2. The average Bonchev–Trinajstić information content (AvgIpc) is 3.18. The lowest BCUT2D eigenvalue weighted by Gasteiger charge is -2.37. The number of aliphatic imine (C=N–C) groups is 1. The van der Waals surface area contributed by atoms with Gasteiger partial charge in [-0.15, -0.1) is 35.3 Å². The van der Waals surface area contributed by atoms with Crippen LogP contribution in [0.5, 0.6) is 5.75 Å². The molecule has 3 rings (SSSR count). The minimum Gasteiger partial charge on any atom is -0.490 e. The molecule has 0 amide bonds. The zero-order valence-electron chi connectivity index (χ0n) is 14.3. The van der Waals surface area contributed by atoms with Gasteiger partial charge in [0.2, 0.25) is 0 Å². The smallest absolute Gasteiger partial charge is 0.193 e.